The maximum Gasteiger partial charge on any atom is 0.258 e. The minimum atomic E-state index is -0.956. The molecule has 0 aliphatic rings. The average molecular weight is 280 g/mol. The number of aliphatic hydroxyl groups is 1. The molecule has 1 amide bonds. The van der Waals surface area contributed by atoms with Crippen molar-refractivity contribution in [2.75, 3.05) is 33.8 Å². The van der Waals surface area contributed by atoms with E-state index in [0.717, 1.165) is 5.56 Å². The van der Waals surface area contributed by atoms with Gasteiger partial charge >= 0.3 is 0 Å². The van der Waals surface area contributed by atoms with E-state index in [-0.39, 0.29) is 19.1 Å². The first-order chi connectivity index (χ1) is 9.28. The highest BCUT2D eigenvalue weighted by Gasteiger charge is 2.22. The summed E-state index contributed by atoms with van der Waals surface area (Å²) in [5, 5.41) is 12.7. The lowest BCUT2D eigenvalue weighted by Gasteiger charge is -2.27. The topological polar surface area (TPSA) is 61.8 Å². The SMILES string of the molecule is Cc1cccc(OCC(=O)NCC(C)(O)CN(C)C)c1. The zero-order valence-electron chi connectivity index (χ0n) is 12.6. The van der Waals surface area contributed by atoms with Crippen LogP contribution < -0.4 is 10.1 Å². The van der Waals surface area contributed by atoms with E-state index >= 15 is 0 Å². The number of rotatable bonds is 7. The molecule has 1 rings (SSSR count). The van der Waals surface area contributed by atoms with Gasteiger partial charge in [0, 0.05) is 13.1 Å². The molecule has 1 aromatic carbocycles. The van der Waals surface area contributed by atoms with Gasteiger partial charge < -0.3 is 20.1 Å². The summed E-state index contributed by atoms with van der Waals surface area (Å²) in [6.45, 7) is 4.27. The third kappa shape index (κ3) is 6.54. The minimum Gasteiger partial charge on any atom is -0.484 e. The van der Waals surface area contributed by atoms with E-state index < -0.39 is 5.60 Å². The fraction of sp³-hybridized carbons (Fsp3) is 0.533. The third-order valence-electron chi connectivity index (χ3n) is 2.68. The number of hydrogen-bond donors (Lipinski definition) is 2. The number of nitrogens with one attached hydrogen (secondary N) is 1. The van der Waals surface area contributed by atoms with Gasteiger partial charge in [-0.05, 0) is 45.6 Å². The Morgan fingerprint density at radius 3 is 2.75 bits per heavy atom. The largest absolute Gasteiger partial charge is 0.484 e. The van der Waals surface area contributed by atoms with Gasteiger partial charge in [0.1, 0.15) is 5.75 Å². The molecule has 0 spiro atoms. The monoisotopic (exact) mass is 280 g/mol. The van der Waals surface area contributed by atoms with Crippen LogP contribution in [0.2, 0.25) is 0 Å². The second kappa shape index (κ2) is 7.26. The summed E-state index contributed by atoms with van der Waals surface area (Å²) in [6, 6.07) is 7.52. The molecule has 2 N–H and O–H groups in total. The summed E-state index contributed by atoms with van der Waals surface area (Å²) < 4.78 is 5.39. The third-order valence-corrected chi connectivity index (χ3v) is 2.68. The van der Waals surface area contributed by atoms with Gasteiger partial charge in [0.25, 0.3) is 5.91 Å². The van der Waals surface area contributed by atoms with Crippen molar-refractivity contribution < 1.29 is 14.6 Å². The lowest BCUT2D eigenvalue weighted by molar-refractivity contribution is -0.124. The zero-order valence-corrected chi connectivity index (χ0v) is 12.6. The fourth-order valence-electron chi connectivity index (χ4n) is 1.93. The van der Waals surface area contributed by atoms with Gasteiger partial charge in [-0.25, -0.2) is 0 Å². The Labute approximate surface area is 120 Å². The summed E-state index contributed by atoms with van der Waals surface area (Å²) >= 11 is 0. The second-order valence-corrected chi connectivity index (χ2v) is 5.62. The predicted octanol–water partition coefficient (Wildman–Crippen LogP) is 0.803. The Morgan fingerprint density at radius 1 is 1.45 bits per heavy atom. The van der Waals surface area contributed by atoms with Gasteiger partial charge in [-0.15, -0.1) is 0 Å². The van der Waals surface area contributed by atoms with Crippen LogP contribution >= 0.6 is 0 Å². The van der Waals surface area contributed by atoms with Crippen molar-refractivity contribution in [3.8, 4) is 5.75 Å². The number of hydrogen-bond acceptors (Lipinski definition) is 4. The van der Waals surface area contributed by atoms with Crippen molar-refractivity contribution in [1.82, 2.24) is 10.2 Å². The van der Waals surface area contributed by atoms with E-state index in [0.29, 0.717) is 12.3 Å². The molecule has 1 aromatic rings. The Morgan fingerprint density at radius 2 is 2.15 bits per heavy atom. The van der Waals surface area contributed by atoms with Gasteiger partial charge in [-0.1, -0.05) is 12.1 Å². The zero-order chi connectivity index (χ0) is 15.2. The van der Waals surface area contributed by atoms with Crippen LogP contribution in [-0.4, -0.2) is 55.3 Å². The summed E-state index contributed by atoms with van der Waals surface area (Å²) in [6.07, 6.45) is 0. The summed E-state index contributed by atoms with van der Waals surface area (Å²) in [7, 11) is 3.74. The molecule has 5 heteroatoms. The Bertz CT molecular complexity index is 444. The number of amides is 1. The van der Waals surface area contributed by atoms with Crippen LogP contribution in [0.1, 0.15) is 12.5 Å². The molecule has 0 radical (unpaired) electrons. The first kappa shape index (κ1) is 16.5. The van der Waals surface area contributed by atoms with Crippen molar-refractivity contribution in [2.45, 2.75) is 19.4 Å². The predicted molar refractivity (Wildman–Crippen MR) is 78.9 cm³/mol. The van der Waals surface area contributed by atoms with Crippen LogP contribution in [0.5, 0.6) is 5.75 Å². The Balaban J connectivity index is 2.34. The molecule has 0 aliphatic carbocycles. The van der Waals surface area contributed by atoms with Crippen LogP contribution in [0.15, 0.2) is 24.3 Å². The number of carbonyl (C=O) groups excluding carboxylic acids is 1. The number of likely N-dealkylation sites (N-methyl/N-ethyl adjacent to an activating group) is 1. The molecule has 0 heterocycles. The lowest BCUT2D eigenvalue weighted by Crippen LogP contribution is -2.47. The Kier molecular flexibility index (Phi) is 5.98. The number of nitrogens with zero attached hydrogens (tertiary/aromatic N) is 1. The number of carbonyl (C=O) groups is 1. The van der Waals surface area contributed by atoms with E-state index in [1.54, 1.807) is 6.92 Å². The number of aryl methyl sites for hydroxylation is 1. The maximum atomic E-state index is 11.7. The molecule has 20 heavy (non-hydrogen) atoms. The molecule has 0 aliphatic heterocycles. The maximum absolute atomic E-state index is 11.7. The van der Waals surface area contributed by atoms with Crippen molar-refractivity contribution >= 4 is 5.91 Å². The summed E-state index contributed by atoms with van der Waals surface area (Å²) in [5.74, 6) is 0.422. The van der Waals surface area contributed by atoms with Crippen LogP contribution in [0, 0.1) is 6.92 Å². The molecule has 0 saturated heterocycles. The van der Waals surface area contributed by atoms with E-state index in [4.69, 9.17) is 4.74 Å². The summed E-state index contributed by atoms with van der Waals surface area (Å²) in [4.78, 5) is 13.5. The van der Waals surface area contributed by atoms with Gasteiger partial charge in [0.05, 0.1) is 5.60 Å². The van der Waals surface area contributed by atoms with Crippen LogP contribution in [0.25, 0.3) is 0 Å². The van der Waals surface area contributed by atoms with Crippen LogP contribution in [0.4, 0.5) is 0 Å². The van der Waals surface area contributed by atoms with Gasteiger partial charge in [0.15, 0.2) is 6.61 Å². The number of ether oxygens (including phenoxy) is 1. The smallest absolute Gasteiger partial charge is 0.258 e. The molecule has 112 valence electrons. The van der Waals surface area contributed by atoms with E-state index in [9.17, 15) is 9.90 Å². The van der Waals surface area contributed by atoms with E-state index in [2.05, 4.69) is 5.32 Å². The molecule has 0 aromatic heterocycles. The van der Waals surface area contributed by atoms with Crippen molar-refractivity contribution in [3.63, 3.8) is 0 Å². The van der Waals surface area contributed by atoms with E-state index in [1.807, 2.05) is 50.2 Å². The minimum absolute atomic E-state index is 0.0541. The molecule has 0 bridgehead atoms. The highest BCUT2D eigenvalue weighted by atomic mass is 16.5. The molecular formula is C15H24N2O3. The average Bonchev–Trinajstić information content (AvgIpc) is 2.32. The summed E-state index contributed by atoms with van der Waals surface area (Å²) in [5.41, 5.74) is 0.125. The van der Waals surface area contributed by atoms with Gasteiger partial charge in [-0.2, -0.15) is 0 Å². The van der Waals surface area contributed by atoms with Gasteiger partial charge in [-0.3, -0.25) is 4.79 Å². The molecular weight excluding hydrogens is 256 g/mol. The van der Waals surface area contributed by atoms with Crippen molar-refractivity contribution in [2.24, 2.45) is 0 Å². The fourth-order valence-corrected chi connectivity index (χ4v) is 1.93. The van der Waals surface area contributed by atoms with Crippen LogP contribution in [0.3, 0.4) is 0 Å². The first-order valence-electron chi connectivity index (χ1n) is 6.62. The van der Waals surface area contributed by atoms with Gasteiger partial charge in [0.2, 0.25) is 0 Å². The second-order valence-electron chi connectivity index (χ2n) is 5.62. The highest BCUT2D eigenvalue weighted by Crippen LogP contribution is 2.11. The van der Waals surface area contributed by atoms with Crippen molar-refractivity contribution in [1.29, 1.82) is 0 Å². The highest BCUT2D eigenvalue weighted by molar-refractivity contribution is 5.77. The normalized spacial score (nSPS) is 13.9. The number of benzene rings is 1. The standard InChI is InChI=1S/C15H24N2O3/c1-12-6-5-7-13(8-12)20-9-14(18)16-10-15(2,19)11-17(3)4/h5-8,19H,9-11H2,1-4H3,(H,16,18). The molecule has 5 nitrogen and oxygen atoms in total. The van der Waals surface area contributed by atoms with Crippen molar-refractivity contribution in [3.05, 3.63) is 29.8 Å². The molecule has 1 unspecified atom stereocenters. The quantitative estimate of drug-likeness (QED) is 0.775. The molecule has 1 atom stereocenters. The molecule has 0 fully saturated rings. The van der Waals surface area contributed by atoms with E-state index in [1.165, 1.54) is 0 Å². The van der Waals surface area contributed by atoms with Crippen LogP contribution in [-0.2, 0) is 4.79 Å². The lowest BCUT2D eigenvalue weighted by atomic mass is 10.1. The molecule has 0 saturated carbocycles. The Hall–Kier alpha value is -1.59. The first-order valence-corrected chi connectivity index (χ1v) is 6.62.